The molecule has 86 valence electrons. The Bertz CT molecular complexity index is 538. The molecule has 1 heterocycles. The Balaban J connectivity index is 2.30. The first-order chi connectivity index (χ1) is 8.15. The second kappa shape index (κ2) is 4.65. The number of carboxylic acids is 1. The predicted octanol–water partition coefficient (Wildman–Crippen LogP) is 2.88. The second-order valence-electron chi connectivity index (χ2n) is 3.59. The first-order valence-corrected chi connectivity index (χ1v) is 5.10. The van der Waals surface area contributed by atoms with E-state index in [1.807, 2.05) is 18.2 Å². The van der Waals surface area contributed by atoms with Gasteiger partial charge in [0.05, 0.1) is 0 Å². The van der Waals surface area contributed by atoms with Crippen LogP contribution in [0.1, 0.15) is 16.1 Å². The summed E-state index contributed by atoms with van der Waals surface area (Å²) in [5, 5.41) is 8.88. The van der Waals surface area contributed by atoms with Crippen molar-refractivity contribution in [2.75, 3.05) is 0 Å². The third-order valence-electron chi connectivity index (χ3n) is 2.13. The zero-order valence-corrected chi connectivity index (χ0v) is 9.25. The van der Waals surface area contributed by atoms with Crippen LogP contribution in [0.2, 0.25) is 0 Å². The smallest absolute Gasteiger partial charge is 0.354 e. The third kappa shape index (κ3) is 2.81. The van der Waals surface area contributed by atoms with Crippen LogP contribution in [0.25, 0.3) is 0 Å². The van der Waals surface area contributed by atoms with Gasteiger partial charge in [0.15, 0.2) is 5.69 Å². The normalized spacial score (nSPS) is 9.94. The number of hydrogen-bond donors (Lipinski definition) is 1. The van der Waals surface area contributed by atoms with Gasteiger partial charge in [0, 0.05) is 6.07 Å². The van der Waals surface area contributed by atoms with Crippen LogP contribution in [-0.2, 0) is 0 Å². The van der Waals surface area contributed by atoms with Crippen LogP contribution in [-0.4, -0.2) is 16.1 Å². The van der Waals surface area contributed by atoms with Gasteiger partial charge in [-0.25, -0.2) is 9.78 Å². The molecule has 0 spiro atoms. The number of aromatic carboxylic acids is 1. The van der Waals surface area contributed by atoms with Crippen molar-refractivity contribution in [3.8, 4) is 11.6 Å². The quantitative estimate of drug-likeness (QED) is 0.879. The Labute approximate surface area is 98.5 Å². The molecule has 0 amide bonds. The minimum atomic E-state index is -1.06. The summed E-state index contributed by atoms with van der Waals surface area (Å²) in [7, 11) is 0. The summed E-state index contributed by atoms with van der Waals surface area (Å²) < 4.78 is 5.48. The van der Waals surface area contributed by atoms with Gasteiger partial charge in [0.1, 0.15) is 5.75 Å². The van der Waals surface area contributed by atoms with E-state index in [4.69, 9.17) is 9.84 Å². The first kappa shape index (κ1) is 11.1. The summed E-state index contributed by atoms with van der Waals surface area (Å²) in [6, 6.07) is 12.3. The summed E-state index contributed by atoms with van der Waals surface area (Å²) in [4.78, 5) is 14.7. The van der Waals surface area contributed by atoms with Gasteiger partial charge in [-0.1, -0.05) is 18.2 Å². The molecule has 1 aromatic carbocycles. The summed E-state index contributed by atoms with van der Waals surface area (Å²) in [5.74, 6) is -0.151. The van der Waals surface area contributed by atoms with E-state index in [0.29, 0.717) is 5.75 Å². The van der Waals surface area contributed by atoms with Crippen molar-refractivity contribution in [1.29, 1.82) is 0 Å². The van der Waals surface area contributed by atoms with Crippen LogP contribution in [0.4, 0.5) is 0 Å². The Morgan fingerprint density at radius 2 is 1.94 bits per heavy atom. The molecule has 0 saturated heterocycles. The maximum Gasteiger partial charge on any atom is 0.354 e. The topological polar surface area (TPSA) is 59.4 Å². The van der Waals surface area contributed by atoms with Crippen molar-refractivity contribution in [2.45, 2.75) is 6.92 Å². The minimum Gasteiger partial charge on any atom is -0.477 e. The minimum absolute atomic E-state index is 0.0177. The highest BCUT2D eigenvalue weighted by atomic mass is 16.5. The van der Waals surface area contributed by atoms with Crippen molar-refractivity contribution >= 4 is 5.97 Å². The van der Waals surface area contributed by atoms with Gasteiger partial charge in [-0.3, -0.25) is 0 Å². The summed E-state index contributed by atoms with van der Waals surface area (Å²) >= 11 is 0. The molecule has 1 N–H and O–H groups in total. The first-order valence-electron chi connectivity index (χ1n) is 5.10. The van der Waals surface area contributed by atoms with Crippen LogP contribution in [0.15, 0.2) is 42.5 Å². The second-order valence-corrected chi connectivity index (χ2v) is 3.59. The molecular formula is C13H11NO3. The van der Waals surface area contributed by atoms with Crippen molar-refractivity contribution in [3.05, 3.63) is 53.7 Å². The van der Waals surface area contributed by atoms with E-state index in [2.05, 4.69) is 4.98 Å². The zero-order valence-electron chi connectivity index (χ0n) is 9.25. The molecule has 0 unspecified atom stereocenters. The number of para-hydroxylation sites is 1. The molecule has 0 fully saturated rings. The number of benzene rings is 1. The van der Waals surface area contributed by atoms with E-state index < -0.39 is 5.97 Å². The highest BCUT2D eigenvalue weighted by Crippen LogP contribution is 2.20. The van der Waals surface area contributed by atoms with E-state index in [1.165, 1.54) is 6.07 Å². The molecule has 0 atom stereocenters. The molecule has 2 aromatic rings. The summed E-state index contributed by atoms with van der Waals surface area (Å²) in [6.07, 6.45) is 0. The number of nitrogens with zero attached hydrogens (tertiary/aromatic N) is 1. The molecule has 4 nitrogen and oxygen atoms in total. The Morgan fingerprint density at radius 3 is 2.59 bits per heavy atom. The van der Waals surface area contributed by atoms with Crippen molar-refractivity contribution in [3.63, 3.8) is 0 Å². The average Bonchev–Trinajstić information content (AvgIpc) is 2.29. The highest BCUT2D eigenvalue weighted by Gasteiger charge is 2.08. The average molecular weight is 229 g/mol. The molecule has 0 aliphatic carbocycles. The van der Waals surface area contributed by atoms with Gasteiger partial charge in [0.25, 0.3) is 0 Å². The standard InChI is InChI=1S/C13H11NO3/c1-9-7-11(13(15)16)14-12(8-9)17-10-5-3-2-4-6-10/h2-8H,1H3,(H,15,16). The van der Waals surface area contributed by atoms with Gasteiger partial charge in [0.2, 0.25) is 5.88 Å². The lowest BCUT2D eigenvalue weighted by molar-refractivity contribution is 0.0689. The molecule has 0 radical (unpaired) electrons. The molecule has 2 rings (SSSR count). The summed E-state index contributed by atoms with van der Waals surface area (Å²) in [5.41, 5.74) is 0.777. The zero-order chi connectivity index (χ0) is 12.3. The molecule has 1 aromatic heterocycles. The lowest BCUT2D eigenvalue weighted by Crippen LogP contribution is -2.02. The van der Waals surface area contributed by atoms with Gasteiger partial charge in [-0.2, -0.15) is 0 Å². The number of carboxylic acid groups (broad SMARTS) is 1. The van der Waals surface area contributed by atoms with Crippen LogP contribution in [0, 0.1) is 6.92 Å². The number of aryl methyl sites for hydroxylation is 1. The Hall–Kier alpha value is -2.36. The fourth-order valence-electron chi connectivity index (χ4n) is 1.41. The number of pyridine rings is 1. The number of hydrogen-bond acceptors (Lipinski definition) is 3. The van der Waals surface area contributed by atoms with Crippen LogP contribution in [0.3, 0.4) is 0 Å². The monoisotopic (exact) mass is 229 g/mol. The van der Waals surface area contributed by atoms with Crippen molar-refractivity contribution in [2.24, 2.45) is 0 Å². The van der Waals surface area contributed by atoms with Crippen LogP contribution in [0.5, 0.6) is 11.6 Å². The Kier molecular flexibility index (Phi) is 3.05. The van der Waals surface area contributed by atoms with E-state index in [1.54, 1.807) is 25.1 Å². The molecule has 4 heteroatoms. The van der Waals surface area contributed by atoms with Crippen molar-refractivity contribution in [1.82, 2.24) is 4.98 Å². The molecule has 0 aliphatic heterocycles. The van der Waals surface area contributed by atoms with Crippen LogP contribution >= 0.6 is 0 Å². The number of rotatable bonds is 3. The molecule has 17 heavy (non-hydrogen) atoms. The maximum atomic E-state index is 10.8. The number of carbonyl (C=O) groups is 1. The van der Waals surface area contributed by atoms with Crippen LogP contribution < -0.4 is 4.74 Å². The van der Waals surface area contributed by atoms with Gasteiger partial charge >= 0.3 is 5.97 Å². The van der Waals surface area contributed by atoms with E-state index in [-0.39, 0.29) is 11.6 Å². The summed E-state index contributed by atoms with van der Waals surface area (Å²) in [6.45, 7) is 1.80. The highest BCUT2D eigenvalue weighted by molar-refractivity contribution is 5.85. The van der Waals surface area contributed by atoms with Crippen molar-refractivity contribution < 1.29 is 14.6 Å². The van der Waals surface area contributed by atoms with E-state index >= 15 is 0 Å². The van der Waals surface area contributed by atoms with Gasteiger partial charge < -0.3 is 9.84 Å². The van der Waals surface area contributed by atoms with Gasteiger partial charge in [-0.05, 0) is 30.7 Å². The molecule has 0 aliphatic rings. The molecule has 0 saturated carbocycles. The fourth-order valence-corrected chi connectivity index (χ4v) is 1.41. The lowest BCUT2D eigenvalue weighted by atomic mass is 10.2. The number of aromatic nitrogens is 1. The number of ether oxygens (including phenoxy) is 1. The van der Waals surface area contributed by atoms with E-state index in [9.17, 15) is 4.79 Å². The van der Waals surface area contributed by atoms with Gasteiger partial charge in [-0.15, -0.1) is 0 Å². The Morgan fingerprint density at radius 1 is 1.24 bits per heavy atom. The largest absolute Gasteiger partial charge is 0.477 e. The third-order valence-corrected chi connectivity index (χ3v) is 2.13. The SMILES string of the molecule is Cc1cc(Oc2ccccc2)nc(C(=O)O)c1. The molecule has 0 bridgehead atoms. The fraction of sp³-hybridized carbons (Fsp3) is 0.0769. The lowest BCUT2D eigenvalue weighted by Gasteiger charge is -2.06. The maximum absolute atomic E-state index is 10.8. The van der Waals surface area contributed by atoms with E-state index in [0.717, 1.165) is 5.56 Å². The predicted molar refractivity (Wildman–Crippen MR) is 62.4 cm³/mol. The molecular weight excluding hydrogens is 218 g/mol.